The van der Waals surface area contributed by atoms with Crippen LogP contribution < -0.4 is 14.8 Å². The van der Waals surface area contributed by atoms with Gasteiger partial charge in [-0.25, -0.2) is 0 Å². The number of benzene rings is 3. The molecule has 0 aliphatic heterocycles. The van der Waals surface area contributed by atoms with Crippen molar-refractivity contribution < 1.29 is 9.47 Å². The molecule has 1 N–H and O–H groups in total. The summed E-state index contributed by atoms with van der Waals surface area (Å²) >= 11 is 15.8. The van der Waals surface area contributed by atoms with Crippen LogP contribution in [0.3, 0.4) is 0 Å². The van der Waals surface area contributed by atoms with Crippen molar-refractivity contribution in [3.8, 4) is 11.5 Å². The fourth-order valence-electron chi connectivity index (χ4n) is 3.04. The minimum atomic E-state index is 0. The van der Waals surface area contributed by atoms with Crippen LogP contribution in [0.2, 0.25) is 10.0 Å². The van der Waals surface area contributed by atoms with E-state index in [0.29, 0.717) is 34.7 Å². The number of halogens is 4. The standard InChI is InChI=1S/C24H24BrCl2NO2.ClH/c1-16-3-5-17(6-4-16)15-30-24-21(25)11-18(12-23(24)29-2)14-28-10-9-19-7-8-20(26)13-22(19)27;/h3-8,11-13,28H,9-10,14-15H2,1-2H3;1H. The van der Waals surface area contributed by atoms with Gasteiger partial charge in [-0.2, -0.15) is 0 Å². The molecule has 0 unspecified atom stereocenters. The molecule has 0 aromatic heterocycles. The lowest BCUT2D eigenvalue weighted by molar-refractivity contribution is 0.282. The van der Waals surface area contributed by atoms with E-state index in [9.17, 15) is 0 Å². The van der Waals surface area contributed by atoms with Gasteiger partial charge in [0.1, 0.15) is 6.61 Å². The molecule has 0 heterocycles. The third-order valence-electron chi connectivity index (χ3n) is 4.71. The zero-order valence-electron chi connectivity index (χ0n) is 17.4. The normalized spacial score (nSPS) is 10.5. The molecular weight excluding hydrogens is 521 g/mol. The molecule has 0 bridgehead atoms. The first-order valence-electron chi connectivity index (χ1n) is 9.65. The molecule has 0 aliphatic carbocycles. The van der Waals surface area contributed by atoms with Crippen molar-refractivity contribution in [2.45, 2.75) is 26.5 Å². The molecule has 3 rings (SSSR count). The summed E-state index contributed by atoms with van der Waals surface area (Å²) < 4.78 is 12.5. The van der Waals surface area contributed by atoms with E-state index in [1.807, 2.05) is 18.2 Å². The van der Waals surface area contributed by atoms with Gasteiger partial charge in [0.15, 0.2) is 11.5 Å². The van der Waals surface area contributed by atoms with Crippen LogP contribution in [0.5, 0.6) is 11.5 Å². The van der Waals surface area contributed by atoms with Crippen LogP contribution in [-0.4, -0.2) is 13.7 Å². The Labute approximate surface area is 208 Å². The maximum absolute atomic E-state index is 6.24. The van der Waals surface area contributed by atoms with Crippen molar-refractivity contribution in [1.82, 2.24) is 5.32 Å². The Morgan fingerprint density at radius 1 is 0.968 bits per heavy atom. The molecule has 0 fully saturated rings. The zero-order chi connectivity index (χ0) is 21.5. The van der Waals surface area contributed by atoms with Crippen molar-refractivity contribution in [2.24, 2.45) is 0 Å². The highest BCUT2D eigenvalue weighted by molar-refractivity contribution is 9.10. The lowest BCUT2D eigenvalue weighted by Gasteiger charge is -2.15. The fourth-order valence-corrected chi connectivity index (χ4v) is 4.14. The van der Waals surface area contributed by atoms with E-state index in [0.717, 1.165) is 34.1 Å². The number of rotatable bonds is 9. The average Bonchev–Trinajstić information content (AvgIpc) is 2.72. The Morgan fingerprint density at radius 3 is 2.39 bits per heavy atom. The molecule has 0 amide bonds. The first kappa shape index (κ1) is 25.8. The van der Waals surface area contributed by atoms with E-state index < -0.39 is 0 Å². The van der Waals surface area contributed by atoms with Gasteiger partial charge in [-0.3, -0.25) is 0 Å². The Bertz CT molecular complexity index is 997. The molecule has 0 atom stereocenters. The van der Waals surface area contributed by atoms with E-state index in [4.69, 9.17) is 32.7 Å². The van der Waals surface area contributed by atoms with Crippen LogP contribution in [-0.2, 0) is 19.6 Å². The second kappa shape index (κ2) is 12.6. The van der Waals surface area contributed by atoms with Gasteiger partial charge in [-0.05, 0) is 76.8 Å². The van der Waals surface area contributed by atoms with Gasteiger partial charge in [0.2, 0.25) is 0 Å². The van der Waals surface area contributed by atoms with Gasteiger partial charge in [-0.1, -0.05) is 59.1 Å². The van der Waals surface area contributed by atoms with Crippen molar-refractivity contribution in [1.29, 1.82) is 0 Å². The minimum Gasteiger partial charge on any atom is -0.493 e. The summed E-state index contributed by atoms with van der Waals surface area (Å²) in [5.74, 6) is 1.41. The maximum Gasteiger partial charge on any atom is 0.175 e. The smallest absolute Gasteiger partial charge is 0.175 e. The van der Waals surface area contributed by atoms with E-state index in [2.05, 4.69) is 58.5 Å². The molecule has 3 nitrogen and oxygen atoms in total. The molecule has 0 radical (unpaired) electrons. The molecule has 3 aromatic carbocycles. The largest absolute Gasteiger partial charge is 0.493 e. The van der Waals surface area contributed by atoms with E-state index >= 15 is 0 Å². The number of nitrogens with one attached hydrogen (secondary N) is 1. The Morgan fingerprint density at radius 2 is 1.71 bits per heavy atom. The Balaban J connectivity index is 0.00000341. The third-order valence-corrected chi connectivity index (χ3v) is 5.88. The van der Waals surface area contributed by atoms with Crippen molar-refractivity contribution >= 4 is 51.5 Å². The molecule has 31 heavy (non-hydrogen) atoms. The highest BCUT2D eigenvalue weighted by atomic mass is 79.9. The minimum absolute atomic E-state index is 0. The Kier molecular flexibility index (Phi) is 10.5. The topological polar surface area (TPSA) is 30.5 Å². The third kappa shape index (κ3) is 7.58. The van der Waals surface area contributed by atoms with Gasteiger partial charge in [-0.15, -0.1) is 12.4 Å². The molecule has 0 saturated carbocycles. The molecule has 0 aliphatic rings. The summed E-state index contributed by atoms with van der Waals surface area (Å²) in [5.41, 5.74) is 4.52. The summed E-state index contributed by atoms with van der Waals surface area (Å²) in [6, 6.07) is 17.9. The molecule has 166 valence electrons. The highest BCUT2D eigenvalue weighted by Crippen LogP contribution is 2.37. The van der Waals surface area contributed by atoms with E-state index in [1.165, 1.54) is 5.56 Å². The number of hydrogen-bond acceptors (Lipinski definition) is 3. The number of hydrogen-bond donors (Lipinski definition) is 1. The predicted octanol–water partition coefficient (Wildman–Crippen LogP) is 7.41. The summed E-state index contributed by atoms with van der Waals surface area (Å²) in [6.45, 7) is 4.06. The molecule has 7 heteroatoms. The first-order chi connectivity index (χ1) is 14.5. The fraction of sp³-hybridized carbons (Fsp3) is 0.250. The predicted molar refractivity (Wildman–Crippen MR) is 135 cm³/mol. The Hall–Kier alpha value is -1.43. The van der Waals surface area contributed by atoms with Crippen LogP contribution in [0.25, 0.3) is 0 Å². The van der Waals surface area contributed by atoms with Crippen LogP contribution in [0.1, 0.15) is 22.3 Å². The van der Waals surface area contributed by atoms with Crippen LogP contribution in [0.15, 0.2) is 59.1 Å². The first-order valence-corrected chi connectivity index (χ1v) is 11.2. The summed E-state index contributed by atoms with van der Waals surface area (Å²) in [5, 5.41) is 4.79. The number of methoxy groups -OCH3 is 1. The number of aryl methyl sites for hydroxylation is 1. The van der Waals surface area contributed by atoms with Crippen LogP contribution in [0.4, 0.5) is 0 Å². The van der Waals surface area contributed by atoms with E-state index in [1.54, 1.807) is 13.2 Å². The van der Waals surface area contributed by atoms with Gasteiger partial charge < -0.3 is 14.8 Å². The van der Waals surface area contributed by atoms with Gasteiger partial charge >= 0.3 is 0 Å². The SMILES string of the molecule is COc1cc(CNCCc2ccc(Cl)cc2Cl)cc(Br)c1OCc1ccc(C)cc1.Cl. The van der Waals surface area contributed by atoms with Crippen molar-refractivity contribution in [3.05, 3.63) is 91.4 Å². The van der Waals surface area contributed by atoms with Crippen LogP contribution >= 0.6 is 51.5 Å². The molecule has 0 spiro atoms. The summed E-state index contributed by atoms with van der Waals surface area (Å²) in [4.78, 5) is 0. The summed E-state index contributed by atoms with van der Waals surface area (Å²) in [7, 11) is 1.65. The summed E-state index contributed by atoms with van der Waals surface area (Å²) in [6.07, 6.45) is 0.825. The molecular formula is C24H25BrCl3NO2. The van der Waals surface area contributed by atoms with Crippen molar-refractivity contribution in [2.75, 3.05) is 13.7 Å². The second-order valence-corrected chi connectivity index (χ2v) is 8.74. The zero-order valence-corrected chi connectivity index (χ0v) is 21.3. The van der Waals surface area contributed by atoms with Crippen molar-refractivity contribution in [3.63, 3.8) is 0 Å². The quantitative estimate of drug-likeness (QED) is 0.284. The lowest BCUT2D eigenvalue weighted by atomic mass is 10.1. The molecule has 3 aromatic rings. The number of ether oxygens (including phenoxy) is 2. The van der Waals surface area contributed by atoms with Gasteiger partial charge in [0, 0.05) is 16.6 Å². The monoisotopic (exact) mass is 543 g/mol. The van der Waals surface area contributed by atoms with Gasteiger partial charge in [0.25, 0.3) is 0 Å². The lowest BCUT2D eigenvalue weighted by Crippen LogP contribution is -2.17. The maximum atomic E-state index is 6.24. The van der Waals surface area contributed by atoms with Gasteiger partial charge in [0.05, 0.1) is 11.6 Å². The average molecular weight is 546 g/mol. The highest BCUT2D eigenvalue weighted by Gasteiger charge is 2.12. The van der Waals surface area contributed by atoms with E-state index in [-0.39, 0.29) is 12.4 Å². The molecule has 0 saturated heterocycles. The second-order valence-electron chi connectivity index (χ2n) is 7.05. The van der Waals surface area contributed by atoms with Crippen LogP contribution in [0, 0.1) is 6.92 Å².